The molecule has 5 rings (SSSR count). The molecule has 9 heteroatoms. The maximum Gasteiger partial charge on any atom is 0.392 e. The largest absolute Gasteiger partial charge is 0.392 e. The molecule has 0 unspecified atom stereocenters. The number of hydrogen-bond acceptors (Lipinski definition) is 3. The molecule has 2 aromatic heterocycles. The van der Waals surface area contributed by atoms with Crippen molar-refractivity contribution in [3.63, 3.8) is 0 Å². The molecule has 1 N–H and O–H groups in total. The Morgan fingerprint density at radius 1 is 1.12 bits per heavy atom. The lowest BCUT2D eigenvalue weighted by Crippen LogP contribution is -2.31. The Morgan fingerprint density at radius 2 is 1.91 bits per heavy atom. The molecule has 2 aliphatic heterocycles. The number of carbonyl (C=O) groups is 1. The molecule has 1 atom stereocenters. The lowest BCUT2D eigenvalue weighted by atomic mass is 9.95. The Balaban J connectivity index is 1.25. The van der Waals surface area contributed by atoms with Crippen LogP contribution in [0.1, 0.15) is 59.2 Å². The normalized spacial score (nSPS) is 17.8. The number of hydrogen-bond donors (Lipinski definition) is 1. The number of aryl methyl sites for hydroxylation is 3. The first-order valence-corrected chi connectivity index (χ1v) is 11.9. The Hall–Kier alpha value is -3.10. The smallest absolute Gasteiger partial charge is 0.348 e. The van der Waals surface area contributed by atoms with Gasteiger partial charge in [-0.3, -0.25) is 14.2 Å². The van der Waals surface area contributed by atoms with Crippen LogP contribution < -0.4 is 5.32 Å². The summed E-state index contributed by atoms with van der Waals surface area (Å²) in [6, 6.07) is 9.39. The van der Waals surface area contributed by atoms with Gasteiger partial charge >= 0.3 is 6.18 Å². The van der Waals surface area contributed by atoms with E-state index < -0.39 is 12.1 Å². The molecule has 4 heterocycles. The van der Waals surface area contributed by atoms with Crippen molar-refractivity contribution in [2.75, 3.05) is 0 Å². The molecule has 0 saturated heterocycles. The Labute approximate surface area is 196 Å². The summed E-state index contributed by atoms with van der Waals surface area (Å²) >= 11 is 0. The fourth-order valence-corrected chi connectivity index (χ4v) is 4.98. The predicted octanol–water partition coefficient (Wildman–Crippen LogP) is 4.70. The van der Waals surface area contributed by atoms with Gasteiger partial charge < -0.3 is 5.32 Å². The van der Waals surface area contributed by atoms with Gasteiger partial charge in [-0.2, -0.15) is 23.4 Å². The van der Waals surface area contributed by atoms with Crippen LogP contribution >= 0.6 is 0 Å². The fourth-order valence-electron chi connectivity index (χ4n) is 4.98. The van der Waals surface area contributed by atoms with E-state index in [9.17, 15) is 18.0 Å². The Morgan fingerprint density at radius 3 is 2.65 bits per heavy atom. The van der Waals surface area contributed by atoms with Gasteiger partial charge in [0, 0.05) is 37.3 Å². The number of nitrogens with zero attached hydrogens (tertiary/aromatic N) is 4. The van der Waals surface area contributed by atoms with Crippen molar-refractivity contribution in [1.29, 1.82) is 0 Å². The molecule has 0 bridgehead atoms. The van der Waals surface area contributed by atoms with Crippen LogP contribution in [-0.2, 0) is 38.9 Å². The van der Waals surface area contributed by atoms with Gasteiger partial charge in [0.1, 0.15) is 0 Å². The summed E-state index contributed by atoms with van der Waals surface area (Å²) in [5, 5.41) is 12.2. The summed E-state index contributed by atoms with van der Waals surface area (Å²) in [4.78, 5) is 13.0. The number of fused-ring (bicyclic) bond motifs is 2. The van der Waals surface area contributed by atoms with Crippen molar-refractivity contribution < 1.29 is 18.0 Å². The topological polar surface area (TPSA) is 64.7 Å². The van der Waals surface area contributed by atoms with Gasteiger partial charge in [-0.1, -0.05) is 31.2 Å². The van der Waals surface area contributed by atoms with Crippen molar-refractivity contribution in [1.82, 2.24) is 24.9 Å². The monoisotopic (exact) mass is 471 g/mol. The lowest BCUT2D eigenvalue weighted by molar-refractivity contribution is -0.179. The van der Waals surface area contributed by atoms with Gasteiger partial charge in [-0.25, -0.2) is 0 Å². The van der Waals surface area contributed by atoms with Crippen molar-refractivity contribution in [2.24, 2.45) is 5.92 Å². The average molecular weight is 472 g/mol. The van der Waals surface area contributed by atoms with E-state index >= 15 is 0 Å². The maximum absolute atomic E-state index is 13.1. The summed E-state index contributed by atoms with van der Waals surface area (Å²) < 4.78 is 42.9. The third-order valence-corrected chi connectivity index (χ3v) is 6.90. The first-order chi connectivity index (χ1) is 16.3. The molecule has 1 amide bonds. The minimum absolute atomic E-state index is 0.0288. The van der Waals surface area contributed by atoms with Crippen LogP contribution in [0.5, 0.6) is 0 Å². The number of nitrogens with one attached hydrogen (secondary N) is 1. The minimum atomic E-state index is -4.17. The first kappa shape index (κ1) is 22.7. The molecule has 180 valence electrons. The quantitative estimate of drug-likeness (QED) is 0.587. The highest BCUT2D eigenvalue weighted by molar-refractivity contribution is 5.96. The van der Waals surface area contributed by atoms with Crippen LogP contribution in [0.4, 0.5) is 13.2 Å². The second-order valence-corrected chi connectivity index (χ2v) is 9.16. The van der Waals surface area contributed by atoms with Crippen molar-refractivity contribution in [3.05, 3.63) is 58.5 Å². The highest BCUT2D eigenvalue weighted by atomic mass is 19.4. The zero-order valence-corrected chi connectivity index (χ0v) is 19.2. The molecule has 3 aromatic rings. The van der Waals surface area contributed by atoms with Gasteiger partial charge in [0.2, 0.25) is 0 Å². The van der Waals surface area contributed by atoms with E-state index in [1.165, 1.54) is 0 Å². The van der Waals surface area contributed by atoms with Crippen molar-refractivity contribution in [2.45, 2.75) is 71.3 Å². The van der Waals surface area contributed by atoms with E-state index in [4.69, 9.17) is 0 Å². The number of halogens is 3. The zero-order valence-electron chi connectivity index (χ0n) is 19.2. The van der Waals surface area contributed by atoms with Crippen LogP contribution in [0.3, 0.4) is 0 Å². The highest BCUT2D eigenvalue weighted by Gasteiger charge is 2.41. The first-order valence-electron chi connectivity index (χ1n) is 11.9. The van der Waals surface area contributed by atoms with Crippen LogP contribution in [0.25, 0.3) is 11.3 Å². The molecular formula is C25H28F3N5O. The molecule has 0 aliphatic carbocycles. The highest BCUT2D eigenvalue weighted by Crippen LogP contribution is 2.36. The third kappa shape index (κ3) is 4.35. The standard InChI is InChI=1S/C25H28F3N5O/c1-2-20-23(22-5-3-4-11-33(22)30-20)24(34)29-15-16-6-8-17(9-7-16)21-14-19-13-18(25(26,27)28)10-12-32(19)31-21/h6-9,14,18H,2-5,10-13,15H2,1H3,(H,29,34)/t18-/m1/s1. The molecule has 0 fully saturated rings. The molecule has 34 heavy (non-hydrogen) atoms. The number of amides is 1. The van der Waals surface area contributed by atoms with E-state index in [1.807, 2.05) is 35.9 Å². The third-order valence-electron chi connectivity index (χ3n) is 6.90. The number of alkyl halides is 3. The molecule has 2 aliphatic rings. The second kappa shape index (κ2) is 8.92. The average Bonchev–Trinajstić information content (AvgIpc) is 3.43. The number of aromatic nitrogens is 4. The second-order valence-electron chi connectivity index (χ2n) is 9.16. The number of carbonyl (C=O) groups excluding carboxylic acids is 1. The molecular weight excluding hydrogens is 443 g/mol. The minimum Gasteiger partial charge on any atom is -0.348 e. The molecule has 6 nitrogen and oxygen atoms in total. The van der Waals surface area contributed by atoms with Crippen LogP contribution in [0.15, 0.2) is 30.3 Å². The molecule has 0 spiro atoms. The fraction of sp³-hybridized carbons (Fsp3) is 0.480. The summed E-state index contributed by atoms with van der Waals surface area (Å²) in [5.74, 6) is -1.39. The zero-order chi connectivity index (χ0) is 23.9. The van der Waals surface area contributed by atoms with Gasteiger partial charge in [0.05, 0.1) is 28.6 Å². The van der Waals surface area contributed by atoms with Crippen LogP contribution in [0, 0.1) is 5.92 Å². The van der Waals surface area contributed by atoms with E-state index in [0.717, 1.165) is 60.3 Å². The number of benzene rings is 1. The van der Waals surface area contributed by atoms with Gasteiger partial charge in [0.25, 0.3) is 5.91 Å². The Kier molecular flexibility index (Phi) is 5.95. The van der Waals surface area contributed by atoms with E-state index in [-0.39, 0.29) is 25.3 Å². The van der Waals surface area contributed by atoms with Gasteiger partial charge in [0.15, 0.2) is 0 Å². The van der Waals surface area contributed by atoms with Crippen molar-refractivity contribution in [3.8, 4) is 11.3 Å². The summed E-state index contributed by atoms with van der Waals surface area (Å²) in [5.41, 5.74) is 5.69. The van der Waals surface area contributed by atoms with Gasteiger partial charge in [-0.15, -0.1) is 0 Å². The molecule has 0 saturated carbocycles. The maximum atomic E-state index is 13.1. The Bertz CT molecular complexity index is 1190. The van der Waals surface area contributed by atoms with E-state index in [2.05, 4.69) is 15.5 Å². The summed E-state index contributed by atoms with van der Waals surface area (Å²) in [7, 11) is 0. The molecule has 1 aromatic carbocycles. The summed E-state index contributed by atoms with van der Waals surface area (Å²) in [6.45, 7) is 3.55. The lowest BCUT2D eigenvalue weighted by Gasteiger charge is -2.25. The van der Waals surface area contributed by atoms with Crippen molar-refractivity contribution >= 4 is 5.91 Å². The predicted molar refractivity (Wildman–Crippen MR) is 121 cm³/mol. The van der Waals surface area contributed by atoms with Crippen LogP contribution in [-0.4, -0.2) is 31.6 Å². The van der Waals surface area contributed by atoms with Crippen LogP contribution in [0.2, 0.25) is 0 Å². The van der Waals surface area contributed by atoms with E-state index in [1.54, 1.807) is 10.7 Å². The molecule has 0 radical (unpaired) electrons. The summed E-state index contributed by atoms with van der Waals surface area (Å²) in [6.07, 6.45) is -0.372. The number of rotatable bonds is 5. The van der Waals surface area contributed by atoms with E-state index in [0.29, 0.717) is 17.9 Å². The SMILES string of the molecule is CCc1nn2c(c1C(=O)NCc1ccc(-c3cc4n(n3)CC[C@@H](C(F)(F)F)C4)cc1)CCCC2. The van der Waals surface area contributed by atoms with Gasteiger partial charge in [-0.05, 0) is 43.7 Å².